The summed E-state index contributed by atoms with van der Waals surface area (Å²) in [7, 11) is 0. The van der Waals surface area contributed by atoms with Gasteiger partial charge in [0, 0.05) is 18.5 Å². The fraction of sp³-hybridized carbons (Fsp3) is 0.350. The number of rotatable bonds is 5. The molecule has 2 unspecified atom stereocenters. The summed E-state index contributed by atoms with van der Waals surface area (Å²) in [6.45, 7) is 0.158. The lowest BCUT2D eigenvalue weighted by atomic mass is 10.0. The third kappa shape index (κ3) is 4.23. The first kappa shape index (κ1) is 17.5. The van der Waals surface area contributed by atoms with Gasteiger partial charge in [-0.1, -0.05) is 30.3 Å². The van der Waals surface area contributed by atoms with Gasteiger partial charge in [-0.2, -0.15) is 0 Å². The maximum absolute atomic E-state index is 14.1. The second-order valence-corrected chi connectivity index (χ2v) is 6.46. The maximum Gasteiger partial charge on any atom is 0.223 e. The van der Waals surface area contributed by atoms with Gasteiger partial charge < -0.3 is 10.0 Å². The van der Waals surface area contributed by atoms with E-state index in [1.54, 1.807) is 0 Å². The molecule has 3 nitrogen and oxygen atoms in total. The molecule has 0 spiro atoms. The lowest BCUT2D eigenvalue weighted by Gasteiger charge is -2.25. The summed E-state index contributed by atoms with van der Waals surface area (Å²) < 4.78 is 27.6. The number of β-amino-alcohol motifs (C(OH)–C–C–N with tert-alkyl or cyclic N) is 1. The van der Waals surface area contributed by atoms with Gasteiger partial charge in [0.1, 0.15) is 11.6 Å². The highest BCUT2D eigenvalue weighted by Crippen LogP contribution is 2.34. The average Bonchev–Trinajstić information content (AvgIpc) is 2.99. The molecule has 0 aromatic heterocycles. The van der Waals surface area contributed by atoms with E-state index < -0.39 is 23.8 Å². The average molecular weight is 345 g/mol. The Labute approximate surface area is 145 Å². The molecule has 0 bridgehead atoms. The number of aliphatic hydroxyl groups excluding tert-OH is 1. The van der Waals surface area contributed by atoms with E-state index in [1.165, 1.54) is 4.90 Å². The number of aliphatic hydroxyl groups is 1. The molecule has 1 aliphatic heterocycles. The van der Waals surface area contributed by atoms with Crippen molar-refractivity contribution in [2.75, 3.05) is 6.54 Å². The number of hydrogen-bond donors (Lipinski definition) is 1. The Morgan fingerprint density at radius 2 is 1.92 bits per heavy atom. The van der Waals surface area contributed by atoms with Crippen molar-refractivity contribution < 1.29 is 18.7 Å². The summed E-state index contributed by atoms with van der Waals surface area (Å²) in [4.78, 5) is 14.0. The van der Waals surface area contributed by atoms with Crippen LogP contribution in [0.25, 0.3) is 0 Å². The van der Waals surface area contributed by atoms with Gasteiger partial charge in [0.05, 0.1) is 12.1 Å². The number of amides is 1. The SMILES string of the molecule is O=C(CCCc1ccccc1)N1CC(O)CC1c1cc(F)ccc1F. The quantitative estimate of drug-likeness (QED) is 0.899. The van der Waals surface area contributed by atoms with Gasteiger partial charge in [-0.05, 0) is 43.0 Å². The Balaban J connectivity index is 1.66. The number of carbonyl (C=O) groups excluding carboxylic acids is 1. The zero-order valence-corrected chi connectivity index (χ0v) is 13.9. The van der Waals surface area contributed by atoms with Gasteiger partial charge in [0.15, 0.2) is 0 Å². The van der Waals surface area contributed by atoms with Crippen LogP contribution in [0.2, 0.25) is 0 Å². The van der Waals surface area contributed by atoms with Gasteiger partial charge in [-0.15, -0.1) is 0 Å². The van der Waals surface area contributed by atoms with E-state index in [0.717, 1.165) is 30.2 Å². The van der Waals surface area contributed by atoms with E-state index in [2.05, 4.69) is 0 Å². The molecule has 1 fully saturated rings. The van der Waals surface area contributed by atoms with Gasteiger partial charge >= 0.3 is 0 Å². The number of likely N-dealkylation sites (tertiary alicyclic amines) is 1. The Morgan fingerprint density at radius 3 is 2.68 bits per heavy atom. The molecular formula is C20H21F2NO2. The molecule has 2 atom stereocenters. The summed E-state index contributed by atoms with van der Waals surface area (Å²) in [6.07, 6.45) is 1.28. The minimum atomic E-state index is -0.717. The molecule has 0 radical (unpaired) electrons. The predicted octanol–water partition coefficient (Wildman–Crippen LogP) is 3.62. The van der Waals surface area contributed by atoms with E-state index in [9.17, 15) is 18.7 Å². The normalized spacial score (nSPS) is 20.0. The number of nitrogens with zero attached hydrogens (tertiary/aromatic N) is 1. The van der Waals surface area contributed by atoms with Crippen molar-refractivity contribution in [2.45, 2.75) is 37.8 Å². The number of hydrogen-bond acceptors (Lipinski definition) is 2. The van der Waals surface area contributed by atoms with Crippen LogP contribution in [0.5, 0.6) is 0 Å². The number of benzene rings is 2. The minimum absolute atomic E-state index is 0.132. The molecule has 0 aliphatic carbocycles. The van der Waals surface area contributed by atoms with Crippen LogP contribution >= 0.6 is 0 Å². The second kappa shape index (κ2) is 7.74. The molecule has 1 heterocycles. The first-order valence-corrected chi connectivity index (χ1v) is 8.51. The van der Waals surface area contributed by atoms with Crippen LogP contribution in [0.4, 0.5) is 8.78 Å². The van der Waals surface area contributed by atoms with Crippen LogP contribution in [0.1, 0.15) is 36.4 Å². The molecule has 1 N–H and O–H groups in total. The molecule has 132 valence electrons. The van der Waals surface area contributed by atoms with Crippen molar-refractivity contribution >= 4 is 5.91 Å². The van der Waals surface area contributed by atoms with Crippen LogP contribution in [0.15, 0.2) is 48.5 Å². The highest BCUT2D eigenvalue weighted by Gasteiger charge is 2.36. The zero-order chi connectivity index (χ0) is 17.8. The van der Waals surface area contributed by atoms with E-state index in [4.69, 9.17) is 0 Å². The molecule has 0 saturated carbocycles. The lowest BCUT2D eigenvalue weighted by molar-refractivity contribution is -0.132. The Bertz CT molecular complexity index is 736. The molecule has 1 aliphatic rings. The highest BCUT2D eigenvalue weighted by atomic mass is 19.1. The summed E-state index contributed by atoms with van der Waals surface area (Å²) in [5, 5.41) is 9.93. The topological polar surface area (TPSA) is 40.5 Å². The van der Waals surface area contributed by atoms with Crippen molar-refractivity contribution in [3.05, 3.63) is 71.3 Å². The lowest BCUT2D eigenvalue weighted by Crippen LogP contribution is -2.32. The molecule has 2 aromatic rings. The van der Waals surface area contributed by atoms with Crippen molar-refractivity contribution in [1.82, 2.24) is 4.90 Å². The summed E-state index contributed by atoms with van der Waals surface area (Å²) >= 11 is 0. The highest BCUT2D eigenvalue weighted by molar-refractivity contribution is 5.77. The predicted molar refractivity (Wildman–Crippen MR) is 90.8 cm³/mol. The van der Waals surface area contributed by atoms with E-state index in [1.807, 2.05) is 30.3 Å². The molecular weight excluding hydrogens is 324 g/mol. The third-order valence-corrected chi connectivity index (χ3v) is 4.62. The molecule has 1 saturated heterocycles. The van der Waals surface area contributed by atoms with Crippen LogP contribution in [0, 0.1) is 11.6 Å². The number of carbonyl (C=O) groups is 1. The minimum Gasteiger partial charge on any atom is -0.391 e. The smallest absolute Gasteiger partial charge is 0.223 e. The monoisotopic (exact) mass is 345 g/mol. The van der Waals surface area contributed by atoms with Crippen molar-refractivity contribution in [1.29, 1.82) is 0 Å². The van der Waals surface area contributed by atoms with Crippen LogP contribution in [-0.4, -0.2) is 28.6 Å². The summed E-state index contributed by atoms with van der Waals surface area (Å²) in [5.74, 6) is -1.24. The first-order chi connectivity index (χ1) is 12.0. The number of halogens is 2. The van der Waals surface area contributed by atoms with Crippen LogP contribution < -0.4 is 0 Å². The summed E-state index contributed by atoms with van der Waals surface area (Å²) in [6, 6.07) is 12.5. The Morgan fingerprint density at radius 1 is 1.16 bits per heavy atom. The third-order valence-electron chi connectivity index (χ3n) is 4.62. The summed E-state index contributed by atoms with van der Waals surface area (Å²) in [5.41, 5.74) is 1.29. The Kier molecular flexibility index (Phi) is 5.43. The Hall–Kier alpha value is -2.27. The maximum atomic E-state index is 14.1. The van der Waals surface area contributed by atoms with Crippen molar-refractivity contribution in [3.8, 4) is 0 Å². The molecule has 1 amide bonds. The van der Waals surface area contributed by atoms with E-state index in [-0.39, 0.29) is 24.4 Å². The van der Waals surface area contributed by atoms with Crippen molar-refractivity contribution in [2.24, 2.45) is 0 Å². The largest absolute Gasteiger partial charge is 0.391 e. The van der Waals surface area contributed by atoms with Gasteiger partial charge in [-0.25, -0.2) is 8.78 Å². The first-order valence-electron chi connectivity index (χ1n) is 8.51. The van der Waals surface area contributed by atoms with E-state index >= 15 is 0 Å². The van der Waals surface area contributed by atoms with Gasteiger partial charge in [0.25, 0.3) is 0 Å². The molecule has 25 heavy (non-hydrogen) atoms. The fourth-order valence-electron chi connectivity index (χ4n) is 3.39. The number of aryl methyl sites for hydroxylation is 1. The van der Waals surface area contributed by atoms with E-state index in [0.29, 0.717) is 12.8 Å². The van der Waals surface area contributed by atoms with Gasteiger partial charge in [-0.3, -0.25) is 4.79 Å². The standard InChI is InChI=1S/C20H21F2NO2/c21-15-9-10-18(22)17(11-15)19-12-16(24)13-23(19)20(25)8-4-7-14-5-2-1-3-6-14/h1-3,5-6,9-11,16,19,24H,4,7-8,12-13H2. The fourth-order valence-corrected chi connectivity index (χ4v) is 3.39. The van der Waals surface area contributed by atoms with Crippen molar-refractivity contribution in [3.63, 3.8) is 0 Å². The molecule has 5 heteroatoms. The van der Waals surface area contributed by atoms with Crippen LogP contribution in [0.3, 0.4) is 0 Å². The second-order valence-electron chi connectivity index (χ2n) is 6.46. The molecule has 2 aromatic carbocycles. The van der Waals surface area contributed by atoms with Gasteiger partial charge in [0.2, 0.25) is 5.91 Å². The zero-order valence-electron chi connectivity index (χ0n) is 13.9. The van der Waals surface area contributed by atoms with Crippen LogP contribution in [-0.2, 0) is 11.2 Å². The molecule has 3 rings (SSSR count).